The van der Waals surface area contributed by atoms with Crippen molar-refractivity contribution in [3.8, 4) is 11.1 Å². The molecule has 1 aromatic heterocycles. The van der Waals surface area contributed by atoms with Gasteiger partial charge in [-0.25, -0.2) is 0 Å². The number of hydrogen-bond acceptors (Lipinski definition) is 4. The molecule has 0 aliphatic heterocycles. The minimum Gasteiger partial charge on any atom is -0.388 e. The van der Waals surface area contributed by atoms with Crippen molar-refractivity contribution in [1.82, 2.24) is 20.7 Å². The summed E-state index contributed by atoms with van der Waals surface area (Å²) in [6, 6.07) is 12.3. The van der Waals surface area contributed by atoms with Gasteiger partial charge in [-0.15, -0.1) is 0 Å². The molecule has 6 nitrogen and oxygen atoms in total. The fraction of sp³-hybridized carbons (Fsp3) is 0.286. The third-order valence-electron chi connectivity index (χ3n) is 4.20. The Balaban J connectivity index is 0.00000126. The summed E-state index contributed by atoms with van der Waals surface area (Å²) in [4.78, 5) is 12.7. The number of carbonyl (C=O) groups is 1. The monoisotopic (exact) mass is 365 g/mol. The molecule has 142 valence electrons. The van der Waals surface area contributed by atoms with Gasteiger partial charge in [-0.3, -0.25) is 4.79 Å². The molecule has 3 rings (SSSR count). The van der Waals surface area contributed by atoms with Gasteiger partial charge in [0, 0.05) is 18.3 Å². The van der Waals surface area contributed by atoms with Gasteiger partial charge in [0.05, 0.1) is 12.7 Å². The zero-order valence-corrected chi connectivity index (χ0v) is 16.6. The van der Waals surface area contributed by atoms with Gasteiger partial charge < -0.3 is 10.6 Å². The quantitative estimate of drug-likeness (QED) is 0.636. The fourth-order valence-electron chi connectivity index (χ4n) is 2.70. The second kappa shape index (κ2) is 9.52. The second-order valence-corrected chi connectivity index (χ2v) is 5.96. The molecule has 2 aromatic carbocycles. The van der Waals surface area contributed by atoms with Crippen LogP contribution >= 0.6 is 0 Å². The van der Waals surface area contributed by atoms with Gasteiger partial charge in [-0.05, 0) is 42.7 Å². The van der Waals surface area contributed by atoms with Crippen LogP contribution < -0.4 is 10.6 Å². The van der Waals surface area contributed by atoms with E-state index in [4.69, 9.17) is 0 Å². The van der Waals surface area contributed by atoms with Crippen molar-refractivity contribution in [3.05, 3.63) is 65.0 Å². The predicted octanol–water partition coefficient (Wildman–Crippen LogP) is 4.09. The Morgan fingerprint density at radius 3 is 2.37 bits per heavy atom. The van der Waals surface area contributed by atoms with Gasteiger partial charge >= 0.3 is 0 Å². The lowest BCUT2D eigenvalue weighted by Gasteiger charge is -2.14. The zero-order chi connectivity index (χ0) is 19.8. The molecule has 0 radical (unpaired) electrons. The Kier molecular flexibility index (Phi) is 7.11. The Morgan fingerprint density at radius 1 is 1.07 bits per heavy atom. The average Bonchev–Trinajstić information content (AvgIpc) is 3.22. The van der Waals surface area contributed by atoms with Crippen LogP contribution in [0, 0.1) is 13.8 Å². The first kappa shape index (κ1) is 20.2. The molecule has 0 saturated heterocycles. The first-order chi connectivity index (χ1) is 13.1. The Morgan fingerprint density at radius 2 is 1.78 bits per heavy atom. The molecule has 0 bridgehead atoms. The lowest BCUT2D eigenvalue weighted by Crippen LogP contribution is -2.24. The third kappa shape index (κ3) is 4.94. The van der Waals surface area contributed by atoms with Crippen LogP contribution in [-0.4, -0.2) is 28.4 Å². The first-order valence-corrected chi connectivity index (χ1v) is 9.10. The number of hydrogen-bond donors (Lipinski definition) is 3. The maximum atomic E-state index is 12.7. The molecule has 0 saturated carbocycles. The summed E-state index contributed by atoms with van der Waals surface area (Å²) in [6.07, 6.45) is 1.59. The summed E-state index contributed by atoms with van der Waals surface area (Å²) in [5.74, 6) is -0.133. The van der Waals surface area contributed by atoms with Crippen LogP contribution in [0.4, 0.5) is 5.69 Å². The highest BCUT2D eigenvalue weighted by molar-refractivity contribution is 5.98. The van der Waals surface area contributed by atoms with Crippen molar-refractivity contribution in [2.75, 3.05) is 12.4 Å². The van der Waals surface area contributed by atoms with Gasteiger partial charge in [0.25, 0.3) is 5.91 Å². The maximum Gasteiger partial charge on any atom is 0.251 e. The topological polar surface area (TPSA) is 82.7 Å². The first-order valence-electron chi connectivity index (χ1n) is 9.10. The molecule has 0 unspecified atom stereocenters. The molecule has 0 atom stereocenters. The fourth-order valence-corrected chi connectivity index (χ4v) is 2.70. The van der Waals surface area contributed by atoms with Crippen LogP contribution in [0.2, 0.25) is 0 Å². The molecule has 1 heterocycles. The normalized spacial score (nSPS) is 9.96. The van der Waals surface area contributed by atoms with Crippen molar-refractivity contribution in [2.45, 2.75) is 34.2 Å². The highest BCUT2D eigenvalue weighted by atomic mass is 16.1. The highest BCUT2D eigenvalue weighted by Crippen LogP contribution is 2.28. The molecule has 6 heteroatoms. The van der Waals surface area contributed by atoms with E-state index in [-0.39, 0.29) is 5.91 Å². The molecular formula is C21H27N5O. The van der Waals surface area contributed by atoms with Crippen molar-refractivity contribution in [1.29, 1.82) is 0 Å². The number of nitrogens with zero attached hydrogens (tertiary/aromatic N) is 2. The van der Waals surface area contributed by atoms with Crippen molar-refractivity contribution >= 4 is 11.6 Å². The summed E-state index contributed by atoms with van der Waals surface area (Å²) in [6.45, 7) is 8.33. The number of rotatable bonds is 5. The third-order valence-corrected chi connectivity index (χ3v) is 4.20. The van der Waals surface area contributed by atoms with Gasteiger partial charge in [0.15, 0.2) is 0 Å². The maximum absolute atomic E-state index is 12.7. The van der Waals surface area contributed by atoms with E-state index in [1.807, 2.05) is 33.9 Å². The molecule has 3 aromatic rings. The number of benzene rings is 2. The van der Waals surface area contributed by atoms with E-state index in [1.165, 1.54) is 5.56 Å². The van der Waals surface area contributed by atoms with Gasteiger partial charge in [-0.1, -0.05) is 43.7 Å². The van der Waals surface area contributed by atoms with Gasteiger partial charge in [0.2, 0.25) is 0 Å². The number of H-pyrrole nitrogens is 1. The smallest absolute Gasteiger partial charge is 0.251 e. The number of carbonyl (C=O) groups excluding carboxylic acids is 1. The minimum atomic E-state index is -0.133. The molecule has 0 fully saturated rings. The predicted molar refractivity (Wildman–Crippen MR) is 110 cm³/mol. The van der Waals surface area contributed by atoms with Crippen molar-refractivity contribution in [2.24, 2.45) is 0 Å². The zero-order valence-electron chi connectivity index (χ0n) is 16.6. The van der Waals surface area contributed by atoms with E-state index in [9.17, 15) is 4.79 Å². The SMILES string of the molecule is CC.CNc1cc(-c2ccc(C)cc2)cc(C(=O)NCc2cn[nH]n2)c1C. The molecule has 0 aliphatic rings. The van der Waals surface area contributed by atoms with E-state index < -0.39 is 0 Å². The van der Waals surface area contributed by atoms with Crippen molar-refractivity contribution in [3.63, 3.8) is 0 Å². The van der Waals surface area contributed by atoms with E-state index in [0.717, 1.165) is 22.4 Å². The average molecular weight is 365 g/mol. The summed E-state index contributed by atoms with van der Waals surface area (Å²) >= 11 is 0. The van der Waals surface area contributed by atoms with Crippen LogP contribution in [-0.2, 0) is 6.54 Å². The van der Waals surface area contributed by atoms with E-state index in [1.54, 1.807) is 6.20 Å². The van der Waals surface area contributed by atoms with Gasteiger partial charge in [0.1, 0.15) is 5.69 Å². The summed E-state index contributed by atoms with van der Waals surface area (Å²) in [5.41, 5.74) is 6.46. The molecule has 1 amide bonds. The Hall–Kier alpha value is -3.15. The minimum absolute atomic E-state index is 0.133. The lowest BCUT2D eigenvalue weighted by molar-refractivity contribution is 0.0950. The molecule has 3 N–H and O–H groups in total. The van der Waals surface area contributed by atoms with Crippen LogP contribution in [0.1, 0.15) is 41.0 Å². The summed E-state index contributed by atoms with van der Waals surface area (Å²) in [7, 11) is 1.86. The number of nitrogens with one attached hydrogen (secondary N) is 3. The van der Waals surface area contributed by atoms with E-state index >= 15 is 0 Å². The number of anilines is 1. The lowest BCUT2D eigenvalue weighted by atomic mass is 9.97. The number of aromatic amines is 1. The van der Waals surface area contributed by atoms with E-state index in [2.05, 4.69) is 63.3 Å². The van der Waals surface area contributed by atoms with Crippen LogP contribution in [0.15, 0.2) is 42.6 Å². The summed E-state index contributed by atoms with van der Waals surface area (Å²) in [5, 5.41) is 16.3. The number of amides is 1. The van der Waals surface area contributed by atoms with Crippen LogP contribution in [0.25, 0.3) is 11.1 Å². The Bertz CT molecular complexity index is 870. The van der Waals surface area contributed by atoms with Gasteiger partial charge in [-0.2, -0.15) is 15.4 Å². The molecular weight excluding hydrogens is 338 g/mol. The molecule has 0 aliphatic carbocycles. The standard InChI is InChI=1S/C19H21N5O.C2H6/c1-12-4-6-14(7-5-12)15-8-17(13(2)18(9-15)20-3)19(25)21-10-16-11-22-24-23-16;1-2/h4-9,11,20H,10H2,1-3H3,(H,21,25)(H,22,23,24);1-2H3. The number of aryl methyl sites for hydroxylation is 1. The highest BCUT2D eigenvalue weighted by Gasteiger charge is 2.14. The Labute approximate surface area is 160 Å². The molecule has 27 heavy (non-hydrogen) atoms. The van der Waals surface area contributed by atoms with Crippen molar-refractivity contribution < 1.29 is 4.79 Å². The van der Waals surface area contributed by atoms with E-state index in [0.29, 0.717) is 17.8 Å². The van der Waals surface area contributed by atoms with Crippen LogP contribution in [0.5, 0.6) is 0 Å². The largest absolute Gasteiger partial charge is 0.388 e. The summed E-state index contributed by atoms with van der Waals surface area (Å²) < 4.78 is 0. The second-order valence-electron chi connectivity index (χ2n) is 5.96. The number of aromatic nitrogens is 3. The molecule has 0 spiro atoms. The van der Waals surface area contributed by atoms with Crippen LogP contribution in [0.3, 0.4) is 0 Å².